The lowest BCUT2D eigenvalue weighted by molar-refractivity contribution is 0.545. The molecule has 1 heterocycles. The molecule has 1 aliphatic rings. The summed E-state index contributed by atoms with van der Waals surface area (Å²) in [5.41, 5.74) is 7.00. The van der Waals surface area contributed by atoms with Gasteiger partial charge in [0.25, 0.3) is 0 Å². The fraction of sp³-hybridized carbons (Fsp3) is 0.138. The van der Waals surface area contributed by atoms with Crippen LogP contribution in [0.1, 0.15) is 30.2 Å². The summed E-state index contributed by atoms with van der Waals surface area (Å²) >= 11 is 0. The maximum atomic E-state index is 6.17. The number of fused-ring (bicyclic) bond motifs is 4. The molecule has 0 amide bonds. The van der Waals surface area contributed by atoms with Gasteiger partial charge in [0.1, 0.15) is 11.3 Å². The second-order valence-corrected chi connectivity index (χ2v) is 7.97. The van der Waals surface area contributed by atoms with Crippen LogP contribution in [0.15, 0.2) is 88.3 Å². The quantitative estimate of drug-likeness (QED) is 0.246. The van der Waals surface area contributed by atoms with Gasteiger partial charge in [0.2, 0.25) is 0 Å². The molecule has 4 aromatic rings. The SMILES string of the molecule is C=NCC1=CCCc2oc3ccc(-c4ccc5ccc(/C=C\C=C/C)cc5c4)cc3c21. The first kappa shape index (κ1) is 19.3. The number of hydrogen-bond acceptors (Lipinski definition) is 2. The van der Waals surface area contributed by atoms with Crippen LogP contribution in [0, 0.1) is 0 Å². The van der Waals surface area contributed by atoms with Crippen molar-refractivity contribution < 1.29 is 4.42 Å². The van der Waals surface area contributed by atoms with E-state index in [1.807, 2.05) is 19.1 Å². The Labute approximate surface area is 182 Å². The Morgan fingerprint density at radius 3 is 2.68 bits per heavy atom. The molecule has 1 aliphatic carbocycles. The maximum absolute atomic E-state index is 6.17. The van der Waals surface area contributed by atoms with E-state index in [0.717, 1.165) is 24.2 Å². The Bertz CT molecular complexity index is 1380. The molecule has 2 heteroatoms. The fourth-order valence-electron chi connectivity index (χ4n) is 4.43. The van der Waals surface area contributed by atoms with Crippen LogP contribution in [-0.4, -0.2) is 13.3 Å². The molecule has 1 aromatic heterocycles. The Balaban J connectivity index is 1.59. The number of benzene rings is 3. The Kier molecular flexibility index (Phi) is 5.13. The zero-order valence-corrected chi connectivity index (χ0v) is 17.8. The fourth-order valence-corrected chi connectivity index (χ4v) is 4.43. The number of furan rings is 1. The number of nitrogens with zero attached hydrogens (tertiary/aromatic N) is 1. The molecule has 0 aliphatic heterocycles. The Morgan fingerprint density at radius 2 is 1.81 bits per heavy atom. The smallest absolute Gasteiger partial charge is 0.134 e. The molecule has 0 fully saturated rings. The van der Waals surface area contributed by atoms with E-state index in [1.165, 1.54) is 44.0 Å². The summed E-state index contributed by atoms with van der Waals surface area (Å²) in [6, 6.07) is 19.8. The number of allylic oxidation sites excluding steroid dienone is 4. The van der Waals surface area contributed by atoms with Crippen LogP contribution < -0.4 is 0 Å². The van der Waals surface area contributed by atoms with E-state index >= 15 is 0 Å². The zero-order valence-electron chi connectivity index (χ0n) is 17.8. The van der Waals surface area contributed by atoms with Gasteiger partial charge in [-0.25, -0.2) is 0 Å². The van der Waals surface area contributed by atoms with Crippen LogP contribution >= 0.6 is 0 Å². The van der Waals surface area contributed by atoms with Crippen molar-refractivity contribution in [3.05, 3.63) is 95.8 Å². The van der Waals surface area contributed by atoms with Gasteiger partial charge in [-0.15, -0.1) is 0 Å². The summed E-state index contributed by atoms with van der Waals surface area (Å²) in [5, 5.41) is 3.66. The second kappa shape index (κ2) is 8.23. The first-order chi connectivity index (χ1) is 15.3. The van der Waals surface area contributed by atoms with Gasteiger partial charge in [0, 0.05) is 17.4 Å². The molecule has 0 atom stereocenters. The Hall–Kier alpha value is -3.65. The summed E-state index contributed by atoms with van der Waals surface area (Å²) < 4.78 is 6.17. The highest BCUT2D eigenvalue weighted by Gasteiger charge is 2.20. The highest BCUT2D eigenvalue weighted by Crippen LogP contribution is 2.38. The van der Waals surface area contributed by atoms with Crippen molar-refractivity contribution in [1.29, 1.82) is 0 Å². The van der Waals surface area contributed by atoms with E-state index in [0.29, 0.717) is 6.54 Å². The summed E-state index contributed by atoms with van der Waals surface area (Å²) in [6.07, 6.45) is 12.5. The number of rotatable bonds is 5. The van der Waals surface area contributed by atoms with E-state index in [4.69, 9.17) is 4.42 Å². The van der Waals surface area contributed by atoms with Crippen molar-refractivity contribution in [2.24, 2.45) is 4.99 Å². The molecular weight excluding hydrogens is 378 g/mol. The zero-order chi connectivity index (χ0) is 21.2. The Morgan fingerprint density at radius 1 is 0.968 bits per heavy atom. The largest absolute Gasteiger partial charge is 0.460 e. The van der Waals surface area contributed by atoms with Crippen LogP contribution in [0.25, 0.3) is 44.5 Å². The molecule has 0 N–H and O–H groups in total. The first-order valence-corrected chi connectivity index (χ1v) is 10.8. The van der Waals surface area contributed by atoms with Gasteiger partial charge in [-0.2, -0.15) is 0 Å². The van der Waals surface area contributed by atoms with E-state index in [-0.39, 0.29) is 0 Å². The van der Waals surface area contributed by atoms with Crippen molar-refractivity contribution in [3.63, 3.8) is 0 Å². The average molecular weight is 404 g/mol. The van der Waals surface area contributed by atoms with Gasteiger partial charge >= 0.3 is 0 Å². The van der Waals surface area contributed by atoms with Crippen LogP contribution in [0.2, 0.25) is 0 Å². The van der Waals surface area contributed by atoms with E-state index in [9.17, 15) is 0 Å². The van der Waals surface area contributed by atoms with Crippen molar-refractivity contribution in [2.45, 2.75) is 19.8 Å². The van der Waals surface area contributed by atoms with E-state index < -0.39 is 0 Å². The van der Waals surface area contributed by atoms with Gasteiger partial charge in [0.15, 0.2) is 0 Å². The normalized spacial score (nSPS) is 13.9. The minimum atomic E-state index is 0.630. The molecule has 0 saturated carbocycles. The lowest BCUT2D eigenvalue weighted by Crippen LogP contribution is -1.99. The molecule has 0 bridgehead atoms. The van der Waals surface area contributed by atoms with E-state index in [2.05, 4.69) is 84.5 Å². The molecule has 0 saturated heterocycles. The lowest BCUT2D eigenvalue weighted by Gasteiger charge is -2.11. The van der Waals surface area contributed by atoms with Crippen molar-refractivity contribution in [2.75, 3.05) is 6.54 Å². The standard InChI is InChI=1S/C29H25NO/c1-3-4-5-7-20-10-11-21-12-13-22(17-25(21)16-20)23-14-15-27-26(18-23)29-24(19-30-2)8-6-9-28(29)31-27/h3-5,7-8,10-18H,2,6,9,19H2,1H3/b4-3-,7-5-. The van der Waals surface area contributed by atoms with Crippen LogP contribution in [0.3, 0.4) is 0 Å². The van der Waals surface area contributed by atoms with Gasteiger partial charge in [-0.05, 0) is 77.4 Å². The van der Waals surface area contributed by atoms with Crippen molar-refractivity contribution in [3.8, 4) is 11.1 Å². The summed E-state index contributed by atoms with van der Waals surface area (Å²) in [7, 11) is 0. The highest BCUT2D eigenvalue weighted by molar-refractivity contribution is 5.97. The van der Waals surface area contributed by atoms with Crippen molar-refractivity contribution >= 4 is 40.1 Å². The third kappa shape index (κ3) is 3.66. The number of aliphatic imine (C=N–C) groups is 1. The number of hydrogen-bond donors (Lipinski definition) is 0. The molecule has 152 valence electrons. The average Bonchev–Trinajstić information content (AvgIpc) is 3.18. The first-order valence-electron chi connectivity index (χ1n) is 10.8. The second-order valence-electron chi connectivity index (χ2n) is 7.97. The van der Waals surface area contributed by atoms with Gasteiger partial charge in [0.05, 0.1) is 6.54 Å². The van der Waals surface area contributed by atoms with Crippen LogP contribution in [0.5, 0.6) is 0 Å². The molecule has 31 heavy (non-hydrogen) atoms. The van der Waals surface area contributed by atoms with Gasteiger partial charge in [-0.1, -0.05) is 60.7 Å². The molecule has 5 rings (SSSR count). The predicted molar refractivity (Wildman–Crippen MR) is 134 cm³/mol. The van der Waals surface area contributed by atoms with E-state index in [1.54, 1.807) is 0 Å². The highest BCUT2D eigenvalue weighted by atomic mass is 16.3. The minimum absolute atomic E-state index is 0.630. The topological polar surface area (TPSA) is 25.5 Å². The molecule has 2 nitrogen and oxygen atoms in total. The minimum Gasteiger partial charge on any atom is -0.460 e. The van der Waals surface area contributed by atoms with Crippen molar-refractivity contribution in [1.82, 2.24) is 0 Å². The maximum Gasteiger partial charge on any atom is 0.134 e. The van der Waals surface area contributed by atoms with Crippen LogP contribution in [-0.2, 0) is 6.42 Å². The summed E-state index contributed by atoms with van der Waals surface area (Å²) in [4.78, 5) is 4.12. The van der Waals surface area contributed by atoms with Gasteiger partial charge < -0.3 is 4.42 Å². The summed E-state index contributed by atoms with van der Waals surface area (Å²) in [6.45, 7) is 6.34. The molecular formula is C29H25NO. The van der Waals surface area contributed by atoms with Crippen LogP contribution in [0.4, 0.5) is 0 Å². The third-order valence-electron chi connectivity index (χ3n) is 5.92. The molecule has 0 unspecified atom stereocenters. The molecule has 3 aromatic carbocycles. The molecule has 0 spiro atoms. The monoisotopic (exact) mass is 403 g/mol. The summed E-state index contributed by atoms with van der Waals surface area (Å²) in [5.74, 6) is 1.07. The number of aryl methyl sites for hydroxylation is 1. The lowest BCUT2D eigenvalue weighted by atomic mass is 9.92. The third-order valence-corrected chi connectivity index (χ3v) is 5.92. The predicted octanol–water partition coefficient (Wildman–Crippen LogP) is 7.87. The van der Waals surface area contributed by atoms with Gasteiger partial charge in [-0.3, -0.25) is 4.99 Å². The molecule has 0 radical (unpaired) electrons.